The Balaban J connectivity index is 2.25. The van der Waals surface area contributed by atoms with E-state index in [9.17, 15) is 14.7 Å². The lowest BCUT2D eigenvalue weighted by Gasteiger charge is -2.17. The van der Waals surface area contributed by atoms with Crippen LogP contribution in [-0.4, -0.2) is 35.2 Å². The SMILES string of the molecule is CCOC(=O)c1c(C)[nH]c(C(=O)N[C@@H](CO)c2cccc(Br)c2)c1C. The number of aryl methyl sites for hydroxylation is 1. The van der Waals surface area contributed by atoms with Gasteiger partial charge in [-0.2, -0.15) is 0 Å². The van der Waals surface area contributed by atoms with Gasteiger partial charge >= 0.3 is 5.97 Å². The molecule has 2 rings (SSSR count). The van der Waals surface area contributed by atoms with Gasteiger partial charge in [0.1, 0.15) is 5.69 Å². The molecule has 1 aromatic heterocycles. The fourth-order valence-corrected chi connectivity index (χ4v) is 3.09. The zero-order chi connectivity index (χ0) is 18.6. The Morgan fingerprint density at radius 3 is 2.68 bits per heavy atom. The lowest BCUT2D eigenvalue weighted by Crippen LogP contribution is -2.31. The summed E-state index contributed by atoms with van der Waals surface area (Å²) in [6.45, 7) is 5.16. The molecule has 134 valence electrons. The molecular formula is C18H21BrN2O4. The molecule has 0 spiro atoms. The Labute approximate surface area is 154 Å². The predicted octanol–water partition coefficient (Wildman–Crippen LogP) is 3.03. The number of esters is 1. The smallest absolute Gasteiger partial charge is 0.340 e. The van der Waals surface area contributed by atoms with Crippen molar-refractivity contribution in [2.24, 2.45) is 0 Å². The van der Waals surface area contributed by atoms with Crippen molar-refractivity contribution in [1.29, 1.82) is 0 Å². The van der Waals surface area contributed by atoms with Crippen LogP contribution in [0.3, 0.4) is 0 Å². The lowest BCUT2D eigenvalue weighted by atomic mass is 10.1. The summed E-state index contributed by atoms with van der Waals surface area (Å²) < 4.78 is 5.89. The summed E-state index contributed by atoms with van der Waals surface area (Å²) in [5.74, 6) is -0.853. The standard InChI is InChI=1S/C18H21BrN2O4/c1-4-25-18(24)15-10(2)16(20-11(15)3)17(23)21-14(9-22)12-6-5-7-13(19)8-12/h5-8,14,20,22H,4,9H2,1-3H3,(H,21,23)/t14-/m0/s1. The summed E-state index contributed by atoms with van der Waals surface area (Å²) in [6, 6.07) is 6.79. The van der Waals surface area contributed by atoms with Crippen LogP contribution in [0.25, 0.3) is 0 Å². The van der Waals surface area contributed by atoms with Gasteiger partial charge in [-0.05, 0) is 44.0 Å². The van der Waals surface area contributed by atoms with Crippen molar-refractivity contribution in [1.82, 2.24) is 10.3 Å². The maximum absolute atomic E-state index is 12.6. The third-order valence-corrected chi connectivity index (χ3v) is 4.38. The van der Waals surface area contributed by atoms with Crippen molar-refractivity contribution in [3.05, 3.63) is 56.8 Å². The average Bonchev–Trinajstić information content (AvgIpc) is 2.87. The number of carbonyl (C=O) groups is 2. The molecule has 0 saturated carbocycles. The summed E-state index contributed by atoms with van der Waals surface area (Å²) in [5, 5.41) is 12.4. The van der Waals surface area contributed by atoms with Crippen LogP contribution in [-0.2, 0) is 4.74 Å². The van der Waals surface area contributed by atoms with Gasteiger partial charge in [-0.1, -0.05) is 28.1 Å². The first-order valence-corrected chi connectivity index (χ1v) is 8.71. The van der Waals surface area contributed by atoms with Crippen LogP contribution in [0.5, 0.6) is 0 Å². The molecule has 1 amide bonds. The topological polar surface area (TPSA) is 91.4 Å². The third-order valence-electron chi connectivity index (χ3n) is 3.88. The quantitative estimate of drug-likeness (QED) is 0.640. The van der Waals surface area contributed by atoms with Crippen LogP contribution in [0.15, 0.2) is 28.7 Å². The number of aromatic amines is 1. The third kappa shape index (κ3) is 4.29. The number of halogens is 1. The van der Waals surface area contributed by atoms with Gasteiger partial charge in [0.15, 0.2) is 0 Å². The van der Waals surface area contributed by atoms with Gasteiger partial charge in [-0.15, -0.1) is 0 Å². The summed E-state index contributed by atoms with van der Waals surface area (Å²) in [6.07, 6.45) is 0. The molecule has 6 nitrogen and oxygen atoms in total. The van der Waals surface area contributed by atoms with Gasteiger partial charge in [0.25, 0.3) is 5.91 Å². The number of aliphatic hydroxyl groups excluding tert-OH is 1. The van der Waals surface area contributed by atoms with Gasteiger partial charge in [-0.3, -0.25) is 4.79 Å². The predicted molar refractivity (Wildman–Crippen MR) is 97.7 cm³/mol. The van der Waals surface area contributed by atoms with Gasteiger partial charge in [0, 0.05) is 10.2 Å². The highest BCUT2D eigenvalue weighted by molar-refractivity contribution is 9.10. The Morgan fingerprint density at radius 1 is 1.36 bits per heavy atom. The number of aromatic nitrogens is 1. The first kappa shape index (κ1) is 19.2. The van der Waals surface area contributed by atoms with Crippen molar-refractivity contribution in [2.75, 3.05) is 13.2 Å². The molecule has 1 heterocycles. The Bertz CT molecular complexity index is 785. The largest absolute Gasteiger partial charge is 0.462 e. The molecule has 0 saturated heterocycles. The minimum atomic E-state index is -0.556. The van der Waals surface area contributed by atoms with Crippen LogP contribution < -0.4 is 5.32 Å². The van der Waals surface area contributed by atoms with E-state index in [4.69, 9.17) is 4.74 Å². The minimum Gasteiger partial charge on any atom is -0.462 e. The van der Waals surface area contributed by atoms with E-state index in [1.807, 2.05) is 24.3 Å². The summed E-state index contributed by atoms with van der Waals surface area (Å²) >= 11 is 3.37. The summed E-state index contributed by atoms with van der Waals surface area (Å²) in [4.78, 5) is 27.6. The van der Waals surface area contributed by atoms with Gasteiger partial charge in [0.2, 0.25) is 0 Å². The second kappa shape index (κ2) is 8.31. The highest BCUT2D eigenvalue weighted by atomic mass is 79.9. The van der Waals surface area contributed by atoms with E-state index in [1.165, 1.54) is 0 Å². The highest BCUT2D eigenvalue weighted by Gasteiger charge is 2.24. The van der Waals surface area contributed by atoms with E-state index < -0.39 is 17.9 Å². The maximum Gasteiger partial charge on any atom is 0.340 e. The molecule has 25 heavy (non-hydrogen) atoms. The van der Waals surface area contributed by atoms with Crippen molar-refractivity contribution >= 4 is 27.8 Å². The van der Waals surface area contributed by atoms with Crippen molar-refractivity contribution in [3.63, 3.8) is 0 Å². The summed E-state index contributed by atoms with van der Waals surface area (Å²) in [5.41, 5.74) is 2.53. The monoisotopic (exact) mass is 408 g/mol. The minimum absolute atomic E-state index is 0.244. The number of H-pyrrole nitrogens is 1. The molecule has 0 aliphatic heterocycles. The Morgan fingerprint density at radius 2 is 2.08 bits per heavy atom. The molecule has 0 unspecified atom stereocenters. The van der Waals surface area contributed by atoms with Gasteiger partial charge in [0.05, 0.1) is 24.8 Å². The van der Waals surface area contributed by atoms with Crippen LogP contribution in [0.2, 0.25) is 0 Å². The highest BCUT2D eigenvalue weighted by Crippen LogP contribution is 2.22. The molecule has 3 N–H and O–H groups in total. The van der Waals surface area contributed by atoms with Crippen molar-refractivity contribution < 1.29 is 19.4 Å². The van der Waals surface area contributed by atoms with Crippen molar-refractivity contribution in [2.45, 2.75) is 26.8 Å². The average molecular weight is 409 g/mol. The molecule has 0 aliphatic carbocycles. The number of carbonyl (C=O) groups excluding carboxylic acids is 2. The molecule has 1 atom stereocenters. The molecule has 0 aliphatic rings. The second-order valence-corrected chi connectivity index (χ2v) is 6.52. The normalized spacial score (nSPS) is 11.9. The van der Waals surface area contributed by atoms with E-state index in [0.29, 0.717) is 16.8 Å². The number of benzene rings is 1. The van der Waals surface area contributed by atoms with Gasteiger partial charge < -0.3 is 20.1 Å². The van der Waals surface area contributed by atoms with Crippen LogP contribution in [0.4, 0.5) is 0 Å². The van der Waals surface area contributed by atoms with Gasteiger partial charge in [-0.25, -0.2) is 4.79 Å². The number of amides is 1. The molecular weight excluding hydrogens is 388 g/mol. The lowest BCUT2D eigenvalue weighted by molar-refractivity contribution is 0.0525. The number of ether oxygens (including phenoxy) is 1. The Hall–Kier alpha value is -2.12. The van der Waals surface area contributed by atoms with E-state index in [2.05, 4.69) is 26.2 Å². The summed E-state index contributed by atoms with van der Waals surface area (Å²) in [7, 11) is 0. The van der Waals surface area contributed by atoms with Crippen LogP contribution in [0, 0.1) is 13.8 Å². The number of aliphatic hydroxyl groups is 1. The number of rotatable bonds is 6. The maximum atomic E-state index is 12.6. The molecule has 2 aromatic rings. The van der Waals surface area contributed by atoms with E-state index in [-0.39, 0.29) is 18.9 Å². The Kier molecular flexibility index (Phi) is 6.39. The van der Waals surface area contributed by atoms with E-state index >= 15 is 0 Å². The molecule has 0 bridgehead atoms. The van der Waals surface area contributed by atoms with Crippen LogP contribution >= 0.6 is 15.9 Å². The zero-order valence-corrected chi connectivity index (χ0v) is 15.9. The molecule has 0 fully saturated rings. The number of hydrogen-bond acceptors (Lipinski definition) is 4. The van der Waals surface area contributed by atoms with E-state index in [0.717, 1.165) is 10.0 Å². The first-order valence-electron chi connectivity index (χ1n) is 7.92. The molecule has 1 aromatic carbocycles. The fourth-order valence-electron chi connectivity index (χ4n) is 2.67. The fraction of sp³-hybridized carbons (Fsp3) is 0.333. The molecule has 7 heteroatoms. The first-order chi connectivity index (χ1) is 11.9. The van der Waals surface area contributed by atoms with Crippen molar-refractivity contribution in [3.8, 4) is 0 Å². The number of nitrogens with one attached hydrogen (secondary N) is 2. The van der Waals surface area contributed by atoms with E-state index in [1.54, 1.807) is 20.8 Å². The second-order valence-electron chi connectivity index (χ2n) is 5.61. The number of hydrogen-bond donors (Lipinski definition) is 3. The zero-order valence-electron chi connectivity index (χ0n) is 14.4. The molecule has 0 radical (unpaired) electrons. The van der Waals surface area contributed by atoms with Crippen LogP contribution in [0.1, 0.15) is 50.6 Å².